The summed E-state index contributed by atoms with van der Waals surface area (Å²) in [4.78, 5) is 27.2. The van der Waals surface area contributed by atoms with Crippen LogP contribution in [0, 0.1) is 0 Å². The zero-order chi connectivity index (χ0) is 24.4. The third kappa shape index (κ3) is 4.92. The quantitative estimate of drug-likeness (QED) is 0.685. The van der Waals surface area contributed by atoms with Crippen molar-refractivity contribution in [1.29, 1.82) is 0 Å². The Hall–Kier alpha value is -2.91. The number of rotatable bonds is 5. The van der Waals surface area contributed by atoms with Crippen LogP contribution >= 0.6 is 0 Å². The predicted octanol–water partition coefficient (Wildman–Crippen LogP) is 3.17. The molecule has 1 N–H and O–H groups in total. The summed E-state index contributed by atoms with van der Waals surface area (Å²) in [6.45, 7) is 0.597. The molecule has 2 amide bonds. The number of nitrogens with one attached hydrogen (secondary N) is 1. The van der Waals surface area contributed by atoms with Crippen molar-refractivity contribution in [2.24, 2.45) is 0 Å². The SMILES string of the molecule is O=C(CN1C(=O)COc2ccc(S(=O)(=O)N3CCCCCC3)cc21)NC1CCCc2ccccc21. The van der Waals surface area contributed by atoms with Gasteiger partial charge in [0.1, 0.15) is 12.3 Å². The fraction of sp³-hybridized carbons (Fsp3) is 0.462. The van der Waals surface area contributed by atoms with Gasteiger partial charge in [-0.1, -0.05) is 37.1 Å². The number of nitrogens with zero attached hydrogens (tertiary/aromatic N) is 2. The number of aryl methyl sites for hydroxylation is 1. The number of hydrogen-bond donors (Lipinski definition) is 1. The molecule has 2 heterocycles. The Kier molecular flexibility index (Phi) is 6.80. The smallest absolute Gasteiger partial charge is 0.265 e. The first kappa shape index (κ1) is 23.8. The van der Waals surface area contributed by atoms with E-state index in [0.717, 1.165) is 50.5 Å². The molecule has 2 aromatic rings. The number of carbonyl (C=O) groups excluding carboxylic acids is 2. The Morgan fingerprint density at radius 2 is 1.80 bits per heavy atom. The number of benzene rings is 2. The van der Waals surface area contributed by atoms with Crippen molar-refractivity contribution in [2.45, 2.75) is 55.9 Å². The molecule has 5 rings (SSSR count). The average molecular weight is 498 g/mol. The Bertz CT molecular complexity index is 1220. The molecule has 2 aliphatic heterocycles. The van der Waals surface area contributed by atoms with E-state index in [1.165, 1.54) is 26.9 Å². The Labute approximate surface area is 206 Å². The summed E-state index contributed by atoms with van der Waals surface area (Å²) in [6.07, 6.45) is 6.53. The van der Waals surface area contributed by atoms with E-state index in [-0.39, 0.29) is 35.9 Å². The van der Waals surface area contributed by atoms with Crippen LogP contribution in [0.1, 0.15) is 55.7 Å². The Morgan fingerprint density at radius 1 is 1.03 bits per heavy atom. The third-order valence-electron chi connectivity index (χ3n) is 7.08. The van der Waals surface area contributed by atoms with Crippen LogP contribution in [-0.2, 0) is 26.0 Å². The van der Waals surface area contributed by atoms with E-state index in [1.54, 1.807) is 6.07 Å². The topological polar surface area (TPSA) is 96.0 Å². The van der Waals surface area contributed by atoms with Crippen LogP contribution in [0.4, 0.5) is 5.69 Å². The van der Waals surface area contributed by atoms with Crippen LogP contribution in [0.5, 0.6) is 5.75 Å². The van der Waals surface area contributed by atoms with E-state index < -0.39 is 10.0 Å². The van der Waals surface area contributed by atoms with Gasteiger partial charge in [-0.25, -0.2) is 8.42 Å². The Balaban J connectivity index is 1.37. The molecule has 0 bridgehead atoms. The van der Waals surface area contributed by atoms with E-state index in [9.17, 15) is 18.0 Å². The van der Waals surface area contributed by atoms with Crippen LogP contribution in [0.15, 0.2) is 47.4 Å². The zero-order valence-corrected chi connectivity index (χ0v) is 20.6. The number of amides is 2. The van der Waals surface area contributed by atoms with Gasteiger partial charge >= 0.3 is 0 Å². The number of anilines is 1. The van der Waals surface area contributed by atoms with E-state index in [1.807, 2.05) is 18.2 Å². The van der Waals surface area contributed by atoms with Crippen LogP contribution < -0.4 is 15.0 Å². The van der Waals surface area contributed by atoms with Crippen molar-refractivity contribution in [3.05, 3.63) is 53.6 Å². The van der Waals surface area contributed by atoms with Crippen LogP contribution in [-0.4, -0.2) is 50.8 Å². The minimum Gasteiger partial charge on any atom is -0.482 e. The van der Waals surface area contributed by atoms with Crippen LogP contribution in [0.2, 0.25) is 0 Å². The highest BCUT2D eigenvalue weighted by Crippen LogP contribution is 2.35. The lowest BCUT2D eigenvalue weighted by Crippen LogP contribution is -2.46. The molecule has 35 heavy (non-hydrogen) atoms. The largest absolute Gasteiger partial charge is 0.482 e. The first-order valence-corrected chi connectivity index (χ1v) is 13.8. The molecule has 0 aromatic heterocycles. The van der Waals surface area contributed by atoms with Gasteiger partial charge in [-0.05, 0) is 61.4 Å². The van der Waals surface area contributed by atoms with Gasteiger partial charge in [0, 0.05) is 13.1 Å². The van der Waals surface area contributed by atoms with Crippen molar-refractivity contribution < 1.29 is 22.7 Å². The van der Waals surface area contributed by atoms with Gasteiger partial charge in [0.2, 0.25) is 15.9 Å². The van der Waals surface area contributed by atoms with Crippen molar-refractivity contribution in [3.63, 3.8) is 0 Å². The molecule has 1 unspecified atom stereocenters. The van der Waals surface area contributed by atoms with Gasteiger partial charge in [-0.15, -0.1) is 0 Å². The molecule has 3 aliphatic rings. The first-order chi connectivity index (χ1) is 16.9. The number of hydrogen-bond acceptors (Lipinski definition) is 5. The molecule has 1 fully saturated rings. The second kappa shape index (κ2) is 9.99. The molecule has 8 nitrogen and oxygen atoms in total. The maximum atomic E-state index is 13.3. The lowest BCUT2D eigenvalue weighted by Gasteiger charge is -2.31. The molecule has 2 aromatic carbocycles. The molecule has 0 radical (unpaired) electrons. The van der Waals surface area contributed by atoms with E-state index in [0.29, 0.717) is 24.5 Å². The summed E-state index contributed by atoms with van der Waals surface area (Å²) in [5, 5.41) is 3.08. The van der Waals surface area contributed by atoms with E-state index in [4.69, 9.17) is 4.74 Å². The molecule has 0 spiro atoms. The summed E-state index contributed by atoms with van der Waals surface area (Å²) in [5.41, 5.74) is 2.67. The highest BCUT2D eigenvalue weighted by molar-refractivity contribution is 7.89. The van der Waals surface area contributed by atoms with Gasteiger partial charge in [-0.2, -0.15) is 4.31 Å². The number of carbonyl (C=O) groups is 2. The van der Waals surface area contributed by atoms with Gasteiger partial charge < -0.3 is 10.1 Å². The van der Waals surface area contributed by atoms with Crippen molar-refractivity contribution in [3.8, 4) is 5.75 Å². The van der Waals surface area contributed by atoms with Gasteiger partial charge in [0.05, 0.1) is 16.6 Å². The normalized spacial score (nSPS) is 20.9. The highest BCUT2D eigenvalue weighted by Gasteiger charge is 2.32. The molecule has 0 saturated carbocycles. The van der Waals surface area contributed by atoms with Gasteiger partial charge in [0.25, 0.3) is 5.91 Å². The summed E-state index contributed by atoms with van der Waals surface area (Å²) in [7, 11) is -3.71. The molecule has 1 atom stereocenters. The fourth-order valence-electron chi connectivity index (χ4n) is 5.23. The minimum atomic E-state index is -3.71. The predicted molar refractivity (Wildman–Crippen MR) is 132 cm³/mol. The van der Waals surface area contributed by atoms with Crippen molar-refractivity contribution >= 4 is 27.5 Å². The third-order valence-corrected chi connectivity index (χ3v) is 8.98. The maximum Gasteiger partial charge on any atom is 0.265 e. The first-order valence-electron chi connectivity index (χ1n) is 12.4. The van der Waals surface area contributed by atoms with Gasteiger partial charge in [0.15, 0.2) is 6.61 Å². The molecule has 186 valence electrons. The second-order valence-corrected chi connectivity index (χ2v) is 11.4. The summed E-state index contributed by atoms with van der Waals surface area (Å²) in [5.74, 6) is -0.259. The maximum absolute atomic E-state index is 13.3. The number of ether oxygens (including phenoxy) is 1. The number of fused-ring (bicyclic) bond motifs is 2. The molecular weight excluding hydrogens is 466 g/mol. The second-order valence-electron chi connectivity index (χ2n) is 9.43. The Morgan fingerprint density at radius 3 is 2.60 bits per heavy atom. The lowest BCUT2D eigenvalue weighted by molar-refractivity contribution is -0.125. The van der Waals surface area contributed by atoms with Crippen LogP contribution in [0.3, 0.4) is 0 Å². The van der Waals surface area contributed by atoms with Crippen molar-refractivity contribution in [1.82, 2.24) is 9.62 Å². The van der Waals surface area contributed by atoms with Crippen LogP contribution in [0.25, 0.3) is 0 Å². The molecule has 1 saturated heterocycles. The molecule has 9 heteroatoms. The summed E-state index contributed by atoms with van der Waals surface area (Å²) in [6, 6.07) is 12.6. The lowest BCUT2D eigenvalue weighted by atomic mass is 9.88. The molecular formula is C26H31N3O5S. The summed E-state index contributed by atoms with van der Waals surface area (Å²) < 4.78 is 33.7. The zero-order valence-electron chi connectivity index (χ0n) is 19.7. The monoisotopic (exact) mass is 497 g/mol. The molecule has 1 aliphatic carbocycles. The summed E-state index contributed by atoms with van der Waals surface area (Å²) >= 11 is 0. The van der Waals surface area contributed by atoms with Gasteiger partial charge in [-0.3, -0.25) is 14.5 Å². The standard InChI is InChI=1S/C26H31N3O5S/c30-25(27-22-11-7-9-19-8-3-4-10-21(19)22)17-29-23-16-20(12-13-24(23)34-18-26(29)31)35(32,33)28-14-5-1-2-6-15-28/h3-4,8,10,12-13,16,22H,1-2,5-7,9,11,14-15,17-18H2,(H,27,30). The minimum absolute atomic E-state index is 0.0992. The fourth-order valence-corrected chi connectivity index (χ4v) is 6.77. The number of sulfonamides is 1. The van der Waals surface area contributed by atoms with Crippen molar-refractivity contribution in [2.75, 3.05) is 31.1 Å². The van der Waals surface area contributed by atoms with E-state index >= 15 is 0 Å². The van der Waals surface area contributed by atoms with E-state index in [2.05, 4.69) is 11.4 Å². The average Bonchev–Trinajstić information content (AvgIpc) is 3.16. The highest BCUT2D eigenvalue weighted by atomic mass is 32.2.